The molecule has 2 N–H and O–H groups in total. The average Bonchev–Trinajstić information content (AvgIpc) is 2.74. The van der Waals surface area contributed by atoms with E-state index in [2.05, 4.69) is 39.6 Å². The van der Waals surface area contributed by atoms with E-state index in [4.69, 9.17) is 4.74 Å². The molecule has 1 aliphatic rings. The Morgan fingerprint density at radius 2 is 2.03 bits per heavy atom. The Morgan fingerprint density at radius 3 is 2.79 bits per heavy atom. The summed E-state index contributed by atoms with van der Waals surface area (Å²) in [5.41, 5.74) is 4.10. The van der Waals surface area contributed by atoms with Crippen LogP contribution in [0.1, 0.15) is 24.2 Å². The van der Waals surface area contributed by atoms with Crippen LogP contribution in [0.25, 0.3) is 10.9 Å². The first-order valence-electron chi connectivity index (χ1n) is 10.1. The van der Waals surface area contributed by atoms with Gasteiger partial charge in [0.1, 0.15) is 5.56 Å². The first kappa shape index (κ1) is 19.2. The monoisotopic (exact) mass is 390 g/mol. The van der Waals surface area contributed by atoms with Crippen molar-refractivity contribution < 1.29 is 9.53 Å². The van der Waals surface area contributed by atoms with Crippen LogP contribution in [0.3, 0.4) is 0 Å². The van der Waals surface area contributed by atoms with Crippen molar-refractivity contribution in [2.24, 2.45) is 0 Å². The molecule has 1 atom stereocenters. The zero-order chi connectivity index (χ0) is 20.2. The molecule has 0 radical (unpaired) electrons. The molecule has 1 aromatic heterocycles. The lowest BCUT2D eigenvalue weighted by Crippen LogP contribution is -2.49. The number of fused-ring (bicyclic) bond motifs is 1. The van der Waals surface area contributed by atoms with Gasteiger partial charge in [0.15, 0.2) is 0 Å². The number of benzene rings is 2. The van der Waals surface area contributed by atoms with Crippen molar-refractivity contribution in [2.75, 3.05) is 36.5 Å². The molecule has 0 unspecified atom stereocenters. The standard InChI is InChI=1S/C23H26N4O2/c1-3-29-23(28)20-14-25-21-7-5-4-6-19(21)22(20)26-17-8-10-18(11-9-17)27-13-12-24-16(2)15-27/h4-11,14,16,24H,3,12-13,15H2,1-2H3,(H,25,26)/t16-/m1/s1. The highest BCUT2D eigenvalue weighted by molar-refractivity contribution is 6.06. The van der Waals surface area contributed by atoms with Crippen molar-refractivity contribution in [3.8, 4) is 0 Å². The minimum Gasteiger partial charge on any atom is -0.462 e. The van der Waals surface area contributed by atoms with Gasteiger partial charge >= 0.3 is 5.97 Å². The van der Waals surface area contributed by atoms with Gasteiger partial charge in [-0.3, -0.25) is 4.98 Å². The Morgan fingerprint density at radius 1 is 1.24 bits per heavy atom. The molecule has 1 fully saturated rings. The molecule has 4 rings (SSSR count). The third-order valence-electron chi connectivity index (χ3n) is 5.14. The van der Waals surface area contributed by atoms with Crippen molar-refractivity contribution in [3.63, 3.8) is 0 Å². The summed E-state index contributed by atoms with van der Waals surface area (Å²) in [5.74, 6) is -0.375. The maximum atomic E-state index is 12.5. The van der Waals surface area contributed by atoms with Gasteiger partial charge < -0.3 is 20.3 Å². The molecule has 1 aliphatic heterocycles. The number of carbonyl (C=O) groups is 1. The number of hydrogen-bond donors (Lipinski definition) is 2. The lowest BCUT2D eigenvalue weighted by atomic mass is 10.1. The molecule has 6 heteroatoms. The molecular weight excluding hydrogens is 364 g/mol. The Kier molecular flexibility index (Phi) is 5.62. The van der Waals surface area contributed by atoms with Crippen molar-refractivity contribution in [1.29, 1.82) is 0 Å². The van der Waals surface area contributed by atoms with Crippen molar-refractivity contribution in [3.05, 3.63) is 60.3 Å². The predicted octanol–water partition coefficient (Wildman–Crippen LogP) is 3.95. The van der Waals surface area contributed by atoms with Gasteiger partial charge in [-0.1, -0.05) is 18.2 Å². The number of piperazine rings is 1. The number of hydrogen-bond acceptors (Lipinski definition) is 6. The minimum absolute atomic E-state index is 0.322. The topological polar surface area (TPSA) is 66.5 Å². The number of nitrogens with zero attached hydrogens (tertiary/aromatic N) is 2. The molecule has 0 saturated carbocycles. The zero-order valence-electron chi connectivity index (χ0n) is 16.8. The first-order chi connectivity index (χ1) is 14.2. The van der Waals surface area contributed by atoms with Crippen LogP contribution >= 0.6 is 0 Å². The van der Waals surface area contributed by atoms with Crippen LogP contribution in [-0.4, -0.2) is 43.2 Å². The Labute approximate surface area is 170 Å². The normalized spacial score (nSPS) is 16.6. The zero-order valence-corrected chi connectivity index (χ0v) is 16.8. The van der Waals surface area contributed by atoms with Gasteiger partial charge in [0.25, 0.3) is 0 Å². The predicted molar refractivity (Wildman–Crippen MR) is 117 cm³/mol. The fraction of sp³-hybridized carbons (Fsp3) is 0.304. The lowest BCUT2D eigenvalue weighted by Gasteiger charge is -2.33. The van der Waals surface area contributed by atoms with E-state index in [-0.39, 0.29) is 5.97 Å². The molecule has 3 aromatic rings. The largest absolute Gasteiger partial charge is 0.462 e. The molecule has 2 heterocycles. The Bertz CT molecular complexity index is 1000. The third-order valence-corrected chi connectivity index (χ3v) is 5.14. The second-order valence-electron chi connectivity index (χ2n) is 7.26. The molecule has 0 bridgehead atoms. The van der Waals surface area contributed by atoms with Gasteiger partial charge in [-0.25, -0.2) is 4.79 Å². The number of esters is 1. The molecule has 150 valence electrons. The van der Waals surface area contributed by atoms with Gasteiger partial charge in [-0.05, 0) is 44.2 Å². The molecule has 1 saturated heterocycles. The van der Waals surface area contributed by atoms with Crippen LogP contribution in [-0.2, 0) is 4.74 Å². The van der Waals surface area contributed by atoms with E-state index >= 15 is 0 Å². The van der Waals surface area contributed by atoms with Crippen LogP contribution in [0.15, 0.2) is 54.7 Å². The van der Waals surface area contributed by atoms with Crippen molar-refractivity contribution >= 4 is 33.9 Å². The summed E-state index contributed by atoms with van der Waals surface area (Å²) in [4.78, 5) is 19.3. The summed E-state index contributed by atoms with van der Waals surface area (Å²) < 4.78 is 5.23. The second-order valence-corrected chi connectivity index (χ2v) is 7.26. The van der Waals surface area contributed by atoms with E-state index in [1.165, 1.54) is 5.69 Å². The summed E-state index contributed by atoms with van der Waals surface area (Å²) in [6.07, 6.45) is 1.58. The molecule has 2 aromatic carbocycles. The SMILES string of the molecule is CCOC(=O)c1cnc2ccccc2c1Nc1ccc(N2CCN[C@H](C)C2)cc1. The second kappa shape index (κ2) is 8.49. The number of nitrogens with one attached hydrogen (secondary N) is 2. The summed E-state index contributed by atoms with van der Waals surface area (Å²) in [7, 11) is 0. The number of para-hydroxylation sites is 1. The number of anilines is 3. The smallest absolute Gasteiger partial charge is 0.341 e. The number of rotatable bonds is 5. The van der Waals surface area contributed by atoms with Crippen molar-refractivity contribution in [2.45, 2.75) is 19.9 Å². The summed E-state index contributed by atoms with van der Waals surface area (Å²) in [6.45, 7) is 7.31. The van der Waals surface area contributed by atoms with E-state index in [1.54, 1.807) is 13.1 Å². The summed E-state index contributed by atoms with van der Waals surface area (Å²) in [5, 5.41) is 7.78. The van der Waals surface area contributed by atoms with Gasteiger partial charge in [-0.2, -0.15) is 0 Å². The molecule has 0 spiro atoms. The number of ether oxygens (including phenoxy) is 1. The Hall–Kier alpha value is -3.12. The van der Waals surface area contributed by atoms with E-state index in [9.17, 15) is 4.79 Å². The van der Waals surface area contributed by atoms with Crippen LogP contribution < -0.4 is 15.5 Å². The van der Waals surface area contributed by atoms with E-state index in [1.807, 2.05) is 36.4 Å². The number of carbonyl (C=O) groups excluding carboxylic acids is 1. The van der Waals surface area contributed by atoms with Gasteiger partial charge in [0.2, 0.25) is 0 Å². The summed E-state index contributed by atoms with van der Waals surface area (Å²) >= 11 is 0. The molecule has 0 amide bonds. The maximum Gasteiger partial charge on any atom is 0.341 e. The molecular formula is C23H26N4O2. The quantitative estimate of drug-likeness (QED) is 0.643. The van der Waals surface area contributed by atoms with Crippen LogP contribution in [0.5, 0.6) is 0 Å². The van der Waals surface area contributed by atoms with Crippen LogP contribution in [0.2, 0.25) is 0 Å². The fourth-order valence-electron chi connectivity index (χ4n) is 3.71. The number of aromatic nitrogens is 1. The van der Waals surface area contributed by atoms with Crippen molar-refractivity contribution in [1.82, 2.24) is 10.3 Å². The highest BCUT2D eigenvalue weighted by Gasteiger charge is 2.18. The fourth-order valence-corrected chi connectivity index (χ4v) is 3.71. The van der Waals surface area contributed by atoms with Gasteiger partial charge in [-0.15, -0.1) is 0 Å². The van der Waals surface area contributed by atoms with E-state index < -0.39 is 0 Å². The first-order valence-corrected chi connectivity index (χ1v) is 10.1. The van der Waals surface area contributed by atoms with Crippen LogP contribution in [0.4, 0.5) is 17.1 Å². The van der Waals surface area contributed by atoms with Gasteiger partial charge in [0.05, 0.1) is 17.8 Å². The van der Waals surface area contributed by atoms with E-state index in [0.29, 0.717) is 18.2 Å². The number of pyridine rings is 1. The molecule has 29 heavy (non-hydrogen) atoms. The van der Waals surface area contributed by atoms with Crippen LogP contribution in [0, 0.1) is 0 Å². The highest BCUT2D eigenvalue weighted by atomic mass is 16.5. The maximum absolute atomic E-state index is 12.5. The highest BCUT2D eigenvalue weighted by Crippen LogP contribution is 2.30. The molecule has 0 aliphatic carbocycles. The lowest BCUT2D eigenvalue weighted by molar-refractivity contribution is 0.0527. The Balaban J connectivity index is 1.64. The summed E-state index contributed by atoms with van der Waals surface area (Å²) in [6, 6.07) is 16.6. The van der Waals surface area contributed by atoms with Gasteiger partial charge in [0, 0.05) is 48.6 Å². The average molecular weight is 390 g/mol. The minimum atomic E-state index is -0.375. The third kappa shape index (κ3) is 4.17. The van der Waals surface area contributed by atoms with E-state index in [0.717, 1.165) is 41.9 Å². The molecule has 6 nitrogen and oxygen atoms in total.